The van der Waals surface area contributed by atoms with E-state index in [4.69, 9.17) is 16.3 Å². The summed E-state index contributed by atoms with van der Waals surface area (Å²) in [6.45, 7) is 3.56. The molecular weight excluding hydrogens is 226 g/mol. The number of halogens is 1. The van der Waals surface area contributed by atoms with Crippen LogP contribution < -0.4 is 0 Å². The maximum absolute atomic E-state index is 12.1. The minimum atomic E-state index is 0.0666. The number of carbonyl (C=O) groups excluding carboxylic acids is 1. The molecule has 3 nitrogen and oxygen atoms in total. The number of ether oxygens (including phenoxy) is 1. The van der Waals surface area contributed by atoms with Gasteiger partial charge in [0.05, 0.1) is 12.0 Å². The first kappa shape index (κ1) is 12.2. The van der Waals surface area contributed by atoms with Gasteiger partial charge >= 0.3 is 0 Å². The lowest BCUT2D eigenvalue weighted by atomic mass is 9.84. The third-order valence-corrected chi connectivity index (χ3v) is 4.14. The van der Waals surface area contributed by atoms with Crippen LogP contribution in [0, 0.1) is 11.8 Å². The summed E-state index contributed by atoms with van der Waals surface area (Å²) in [6.07, 6.45) is 3.05. The van der Waals surface area contributed by atoms with E-state index in [1.807, 2.05) is 18.9 Å². The topological polar surface area (TPSA) is 29.5 Å². The number of alkyl halides is 1. The number of rotatable bonds is 3. The van der Waals surface area contributed by atoms with Crippen LogP contribution in [-0.4, -0.2) is 42.5 Å². The van der Waals surface area contributed by atoms with Crippen molar-refractivity contribution in [2.45, 2.75) is 37.7 Å². The van der Waals surface area contributed by atoms with Gasteiger partial charge < -0.3 is 9.64 Å². The Labute approximate surface area is 102 Å². The fourth-order valence-electron chi connectivity index (χ4n) is 2.62. The first-order chi connectivity index (χ1) is 7.58. The minimum absolute atomic E-state index is 0.0666. The fourth-order valence-corrected chi connectivity index (χ4v) is 3.12. The second-order valence-corrected chi connectivity index (χ2v) is 5.74. The van der Waals surface area contributed by atoms with E-state index in [9.17, 15) is 4.79 Å². The molecule has 1 heterocycles. The molecule has 2 atom stereocenters. The molecule has 16 heavy (non-hydrogen) atoms. The first-order valence-corrected chi connectivity index (χ1v) is 6.52. The highest BCUT2D eigenvalue weighted by Crippen LogP contribution is 2.33. The summed E-state index contributed by atoms with van der Waals surface area (Å²) >= 11 is 5.93. The van der Waals surface area contributed by atoms with Gasteiger partial charge in [0.2, 0.25) is 5.91 Å². The zero-order valence-corrected chi connectivity index (χ0v) is 10.7. The molecule has 1 saturated carbocycles. The molecule has 2 unspecified atom stereocenters. The van der Waals surface area contributed by atoms with Crippen molar-refractivity contribution in [3.63, 3.8) is 0 Å². The van der Waals surface area contributed by atoms with Gasteiger partial charge in [0.15, 0.2) is 0 Å². The van der Waals surface area contributed by atoms with E-state index in [0.29, 0.717) is 11.3 Å². The van der Waals surface area contributed by atoms with E-state index in [0.717, 1.165) is 32.4 Å². The largest absolute Gasteiger partial charge is 0.378 e. The highest BCUT2D eigenvalue weighted by atomic mass is 35.5. The molecule has 92 valence electrons. The van der Waals surface area contributed by atoms with Crippen molar-refractivity contribution in [2.24, 2.45) is 11.8 Å². The molecule has 0 radical (unpaired) electrons. The SMILES string of the molecule is CC1OCCC1C(=O)N(C)CC1CC(Cl)C1. The summed E-state index contributed by atoms with van der Waals surface area (Å²) in [5.41, 5.74) is 0. The monoisotopic (exact) mass is 245 g/mol. The molecule has 1 saturated heterocycles. The van der Waals surface area contributed by atoms with Gasteiger partial charge in [-0.15, -0.1) is 11.6 Å². The highest BCUT2D eigenvalue weighted by molar-refractivity contribution is 6.21. The van der Waals surface area contributed by atoms with Crippen LogP contribution >= 0.6 is 11.6 Å². The molecule has 0 aromatic carbocycles. The standard InChI is InChI=1S/C12H20ClNO2/c1-8-11(3-4-16-8)12(15)14(2)7-9-5-10(13)6-9/h8-11H,3-7H2,1-2H3. The van der Waals surface area contributed by atoms with Crippen molar-refractivity contribution in [3.8, 4) is 0 Å². The smallest absolute Gasteiger partial charge is 0.228 e. The van der Waals surface area contributed by atoms with Gasteiger partial charge in [-0.05, 0) is 32.1 Å². The fraction of sp³-hybridized carbons (Fsp3) is 0.917. The Morgan fingerprint density at radius 1 is 1.50 bits per heavy atom. The predicted octanol–water partition coefficient (Wildman–Crippen LogP) is 1.89. The third kappa shape index (κ3) is 2.51. The highest BCUT2D eigenvalue weighted by Gasteiger charge is 2.35. The molecule has 0 aromatic rings. The number of nitrogens with zero attached hydrogens (tertiary/aromatic N) is 1. The lowest BCUT2D eigenvalue weighted by Gasteiger charge is -2.35. The Morgan fingerprint density at radius 3 is 2.69 bits per heavy atom. The van der Waals surface area contributed by atoms with Crippen LogP contribution in [0.3, 0.4) is 0 Å². The lowest BCUT2D eigenvalue weighted by Crippen LogP contribution is -2.41. The van der Waals surface area contributed by atoms with Crippen molar-refractivity contribution in [1.82, 2.24) is 4.90 Å². The molecular formula is C12H20ClNO2. The second-order valence-electron chi connectivity index (χ2n) is 5.12. The second kappa shape index (κ2) is 4.92. The predicted molar refractivity (Wildman–Crippen MR) is 63.5 cm³/mol. The quantitative estimate of drug-likeness (QED) is 0.711. The zero-order valence-electron chi connectivity index (χ0n) is 9.99. The molecule has 0 spiro atoms. The van der Waals surface area contributed by atoms with Gasteiger partial charge in [-0.3, -0.25) is 4.79 Å². The van der Waals surface area contributed by atoms with Gasteiger partial charge in [-0.25, -0.2) is 0 Å². The number of hydrogen-bond donors (Lipinski definition) is 0. The molecule has 0 aromatic heterocycles. The maximum Gasteiger partial charge on any atom is 0.228 e. The molecule has 0 N–H and O–H groups in total. The van der Waals surface area contributed by atoms with E-state index < -0.39 is 0 Å². The Morgan fingerprint density at radius 2 is 2.19 bits per heavy atom. The average Bonchev–Trinajstić information content (AvgIpc) is 2.61. The van der Waals surface area contributed by atoms with Gasteiger partial charge in [0, 0.05) is 25.6 Å². The van der Waals surface area contributed by atoms with Crippen molar-refractivity contribution in [1.29, 1.82) is 0 Å². The summed E-state index contributed by atoms with van der Waals surface area (Å²) < 4.78 is 5.43. The van der Waals surface area contributed by atoms with Crippen LogP contribution in [0.5, 0.6) is 0 Å². The Balaban J connectivity index is 1.80. The number of amides is 1. The van der Waals surface area contributed by atoms with E-state index in [1.165, 1.54) is 0 Å². The summed E-state index contributed by atoms with van der Waals surface area (Å²) in [4.78, 5) is 14.0. The Kier molecular flexibility index (Phi) is 3.75. The van der Waals surface area contributed by atoms with Crippen molar-refractivity contribution in [3.05, 3.63) is 0 Å². The third-order valence-electron chi connectivity index (χ3n) is 3.78. The zero-order chi connectivity index (χ0) is 11.7. The molecule has 2 aliphatic rings. The summed E-state index contributed by atoms with van der Waals surface area (Å²) in [7, 11) is 1.90. The van der Waals surface area contributed by atoms with Crippen LogP contribution in [0.1, 0.15) is 26.2 Å². The number of carbonyl (C=O) groups is 1. The van der Waals surface area contributed by atoms with E-state index in [2.05, 4.69) is 0 Å². The van der Waals surface area contributed by atoms with E-state index in [1.54, 1.807) is 0 Å². The van der Waals surface area contributed by atoms with Gasteiger partial charge in [0.25, 0.3) is 0 Å². The first-order valence-electron chi connectivity index (χ1n) is 6.08. The van der Waals surface area contributed by atoms with Crippen LogP contribution in [0.2, 0.25) is 0 Å². The summed E-state index contributed by atoms with van der Waals surface area (Å²) in [5.74, 6) is 0.911. The van der Waals surface area contributed by atoms with E-state index in [-0.39, 0.29) is 17.9 Å². The lowest BCUT2D eigenvalue weighted by molar-refractivity contribution is -0.136. The van der Waals surface area contributed by atoms with Crippen LogP contribution in [0.25, 0.3) is 0 Å². The molecule has 0 bridgehead atoms. The Hall–Kier alpha value is -0.280. The van der Waals surface area contributed by atoms with Gasteiger partial charge in [0.1, 0.15) is 0 Å². The minimum Gasteiger partial charge on any atom is -0.378 e. The summed E-state index contributed by atoms with van der Waals surface area (Å²) in [5, 5.41) is 0.335. The van der Waals surface area contributed by atoms with Crippen LogP contribution in [-0.2, 0) is 9.53 Å². The molecule has 1 aliphatic heterocycles. The van der Waals surface area contributed by atoms with Crippen molar-refractivity contribution < 1.29 is 9.53 Å². The molecule has 1 amide bonds. The van der Waals surface area contributed by atoms with Crippen molar-refractivity contribution in [2.75, 3.05) is 20.2 Å². The molecule has 4 heteroatoms. The molecule has 2 rings (SSSR count). The molecule has 2 fully saturated rings. The summed E-state index contributed by atoms with van der Waals surface area (Å²) in [6, 6.07) is 0. The average molecular weight is 246 g/mol. The maximum atomic E-state index is 12.1. The van der Waals surface area contributed by atoms with Crippen molar-refractivity contribution >= 4 is 17.5 Å². The molecule has 1 aliphatic carbocycles. The van der Waals surface area contributed by atoms with Gasteiger partial charge in [-0.1, -0.05) is 0 Å². The normalized spacial score (nSPS) is 38.2. The number of hydrogen-bond acceptors (Lipinski definition) is 2. The van der Waals surface area contributed by atoms with Gasteiger partial charge in [-0.2, -0.15) is 0 Å². The van der Waals surface area contributed by atoms with Crippen LogP contribution in [0.4, 0.5) is 0 Å². The Bertz CT molecular complexity index is 266. The van der Waals surface area contributed by atoms with E-state index >= 15 is 0 Å². The van der Waals surface area contributed by atoms with Crippen LogP contribution in [0.15, 0.2) is 0 Å².